The van der Waals surface area contributed by atoms with E-state index in [-0.39, 0.29) is 12.0 Å². The third-order valence-electron chi connectivity index (χ3n) is 2.63. The molecule has 18 heavy (non-hydrogen) atoms. The number of rotatable bonds is 6. The third kappa shape index (κ3) is 3.64. The largest absolute Gasteiger partial charge is 0.493 e. The first kappa shape index (κ1) is 14.8. The van der Waals surface area contributed by atoms with Crippen LogP contribution < -0.4 is 9.47 Å². The van der Waals surface area contributed by atoms with Gasteiger partial charge in [-0.05, 0) is 31.4 Å². The van der Waals surface area contributed by atoms with Crippen LogP contribution in [0.2, 0.25) is 5.02 Å². The molecule has 0 radical (unpaired) electrons. The number of carbonyl (C=O) groups is 1. The van der Waals surface area contributed by atoms with Crippen molar-refractivity contribution in [3.8, 4) is 11.5 Å². The van der Waals surface area contributed by atoms with E-state index >= 15 is 0 Å². The minimum atomic E-state index is 0.0493. The molecule has 1 atom stereocenters. The maximum atomic E-state index is 10.6. The van der Waals surface area contributed by atoms with Gasteiger partial charge in [-0.2, -0.15) is 0 Å². The lowest BCUT2D eigenvalue weighted by Crippen LogP contribution is -2.07. The fourth-order valence-electron chi connectivity index (χ4n) is 1.71. The lowest BCUT2D eigenvalue weighted by molar-refractivity contribution is -0.108. The standard InChI is InChI=1S/C14H19ClO3/c1-9(2)18-14-8-12(15)11(7-13(14)17-4)10(3)5-6-16/h6-10H,5H2,1-4H3. The molecular formula is C14H19ClO3. The Morgan fingerprint density at radius 1 is 1.28 bits per heavy atom. The van der Waals surface area contributed by atoms with Crippen LogP contribution in [-0.2, 0) is 4.79 Å². The van der Waals surface area contributed by atoms with Crippen LogP contribution in [0.25, 0.3) is 0 Å². The second-order valence-corrected chi connectivity index (χ2v) is 4.90. The molecule has 1 aromatic carbocycles. The van der Waals surface area contributed by atoms with Gasteiger partial charge in [0.05, 0.1) is 13.2 Å². The van der Waals surface area contributed by atoms with Crippen LogP contribution in [0.4, 0.5) is 0 Å². The third-order valence-corrected chi connectivity index (χ3v) is 2.95. The number of hydrogen-bond acceptors (Lipinski definition) is 3. The number of ether oxygens (including phenoxy) is 2. The number of methoxy groups -OCH3 is 1. The van der Waals surface area contributed by atoms with E-state index in [1.807, 2.05) is 26.8 Å². The Morgan fingerprint density at radius 3 is 2.44 bits per heavy atom. The van der Waals surface area contributed by atoms with Gasteiger partial charge in [-0.25, -0.2) is 0 Å². The zero-order valence-corrected chi connectivity index (χ0v) is 12.0. The lowest BCUT2D eigenvalue weighted by atomic mass is 9.98. The zero-order chi connectivity index (χ0) is 13.7. The molecule has 0 bridgehead atoms. The van der Waals surface area contributed by atoms with E-state index in [9.17, 15) is 4.79 Å². The van der Waals surface area contributed by atoms with E-state index in [1.54, 1.807) is 13.2 Å². The van der Waals surface area contributed by atoms with Crippen LogP contribution in [0.3, 0.4) is 0 Å². The molecule has 0 aliphatic heterocycles. The first-order chi connectivity index (χ1) is 8.49. The van der Waals surface area contributed by atoms with Crippen molar-refractivity contribution in [1.82, 2.24) is 0 Å². The molecule has 1 unspecified atom stereocenters. The fourth-order valence-corrected chi connectivity index (χ4v) is 2.05. The van der Waals surface area contributed by atoms with Gasteiger partial charge >= 0.3 is 0 Å². The van der Waals surface area contributed by atoms with Crippen molar-refractivity contribution in [3.05, 3.63) is 22.7 Å². The molecule has 100 valence electrons. The molecule has 0 aliphatic carbocycles. The molecule has 0 fully saturated rings. The fraction of sp³-hybridized carbons (Fsp3) is 0.500. The monoisotopic (exact) mass is 270 g/mol. The summed E-state index contributed by atoms with van der Waals surface area (Å²) in [5, 5.41) is 0.598. The van der Waals surface area contributed by atoms with Crippen LogP contribution >= 0.6 is 11.6 Å². The molecule has 0 amide bonds. The number of benzene rings is 1. The van der Waals surface area contributed by atoms with Crippen molar-refractivity contribution in [2.45, 2.75) is 39.2 Å². The highest BCUT2D eigenvalue weighted by molar-refractivity contribution is 6.31. The SMILES string of the molecule is COc1cc(C(C)CC=O)c(Cl)cc1OC(C)C. The Balaban J connectivity index is 3.13. The van der Waals surface area contributed by atoms with E-state index in [0.717, 1.165) is 11.8 Å². The molecule has 3 nitrogen and oxygen atoms in total. The molecule has 0 heterocycles. The highest BCUT2D eigenvalue weighted by Crippen LogP contribution is 2.37. The highest BCUT2D eigenvalue weighted by Gasteiger charge is 2.15. The average molecular weight is 271 g/mol. The van der Waals surface area contributed by atoms with Gasteiger partial charge in [0.1, 0.15) is 6.29 Å². The number of aldehydes is 1. The highest BCUT2D eigenvalue weighted by atomic mass is 35.5. The Kier molecular flexibility index (Phi) is 5.48. The Bertz CT molecular complexity index is 416. The Morgan fingerprint density at radius 2 is 1.94 bits per heavy atom. The molecule has 0 spiro atoms. The summed E-state index contributed by atoms with van der Waals surface area (Å²) in [5.74, 6) is 1.33. The summed E-state index contributed by atoms with van der Waals surface area (Å²) in [4.78, 5) is 10.6. The molecule has 0 aromatic heterocycles. The van der Waals surface area contributed by atoms with Crippen LogP contribution in [0.15, 0.2) is 12.1 Å². The van der Waals surface area contributed by atoms with Gasteiger partial charge in [-0.15, -0.1) is 0 Å². The second-order valence-electron chi connectivity index (χ2n) is 4.49. The van der Waals surface area contributed by atoms with Crippen molar-refractivity contribution in [3.63, 3.8) is 0 Å². The summed E-state index contributed by atoms with van der Waals surface area (Å²) < 4.78 is 10.9. The van der Waals surface area contributed by atoms with Crippen LogP contribution in [-0.4, -0.2) is 19.5 Å². The van der Waals surface area contributed by atoms with Crippen LogP contribution in [0.5, 0.6) is 11.5 Å². The maximum Gasteiger partial charge on any atom is 0.163 e. The van der Waals surface area contributed by atoms with Crippen molar-refractivity contribution >= 4 is 17.9 Å². The summed E-state index contributed by atoms with van der Waals surface area (Å²) in [6.07, 6.45) is 1.38. The zero-order valence-electron chi connectivity index (χ0n) is 11.2. The van der Waals surface area contributed by atoms with Gasteiger partial charge in [0, 0.05) is 17.5 Å². The van der Waals surface area contributed by atoms with Gasteiger partial charge in [0.25, 0.3) is 0 Å². The summed E-state index contributed by atoms with van der Waals surface area (Å²) in [5.41, 5.74) is 0.900. The molecule has 1 rings (SSSR count). The smallest absolute Gasteiger partial charge is 0.163 e. The summed E-state index contributed by atoms with van der Waals surface area (Å²) in [6.45, 7) is 5.84. The number of hydrogen-bond donors (Lipinski definition) is 0. The predicted octanol–water partition coefficient (Wildman–Crippen LogP) is 3.83. The summed E-state index contributed by atoms with van der Waals surface area (Å²) in [7, 11) is 1.59. The lowest BCUT2D eigenvalue weighted by Gasteiger charge is -2.17. The van der Waals surface area contributed by atoms with E-state index in [0.29, 0.717) is 22.9 Å². The van der Waals surface area contributed by atoms with Gasteiger partial charge in [-0.3, -0.25) is 0 Å². The quantitative estimate of drug-likeness (QED) is 0.737. The predicted molar refractivity (Wildman–Crippen MR) is 72.9 cm³/mol. The van der Waals surface area contributed by atoms with Crippen molar-refractivity contribution in [2.24, 2.45) is 0 Å². The minimum absolute atomic E-state index is 0.0493. The summed E-state index contributed by atoms with van der Waals surface area (Å²) >= 11 is 6.22. The van der Waals surface area contributed by atoms with Crippen molar-refractivity contribution in [2.75, 3.05) is 7.11 Å². The molecule has 0 saturated carbocycles. The van der Waals surface area contributed by atoms with Crippen molar-refractivity contribution < 1.29 is 14.3 Å². The molecule has 0 saturated heterocycles. The number of halogens is 1. The molecular weight excluding hydrogens is 252 g/mol. The Labute approximate surface area is 113 Å². The first-order valence-electron chi connectivity index (χ1n) is 5.97. The van der Waals surface area contributed by atoms with Gasteiger partial charge in [-0.1, -0.05) is 18.5 Å². The average Bonchev–Trinajstić information content (AvgIpc) is 2.28. The molecule has 1 aromatic rings. The minimum Gasteiger partial charge on any atom is -0.493 e. The van der Waals surface area contributed by atoms with E-state index < -0.39 is 0 Å². The van der Waals surface area contributed by atoms with E-state index in [4.69, 9.17) is 21.1 Å². The van der Waals surface area contributed by atoms with Gasteiger partial charge in [0.15, 0.2) is 11.5 Å². The van der Waals surface area contributed by atoms with Gasteiger partial charge in [0.2, 0.25) is 0 Å². The van der Waals surface area contributed by atoms with E-state index in [2.05, 4.69) is 0 Å². The maximum absolute atomic E-state index is 10.6. The topological polar surface area (TPSA) is 35.5 Å². The summed E-state index contributed by atoms with van der Waals surface area (Å²) in [6, 6.07) is 3.59. The number of carbonyl (C=O) groups excluding carboxylic acids is 1. The second kappa shape index (κ2) is 6.64. The first-order valence-corrected chi connectivity index (χ1v) is 6.35. The van der Waals surface area contributed by atoms with Crippen LogP contribution in [0, 0.1) is 0 Å². The normalized spacial score (nSPS) is 12.3. The Hall–Kier alpha value is -1.22. The molecule has 4 heteroatoms. The molecule has 0 N–H and O–H groups in total. The van der Waals surface area contributed by atoms with Gasteiger partial charge < -0.3 is 14.3 Å². The van der Waals surface area contributed by atoms with Crippen LogP contribution in [0.1, 0.15) is 38.7 Å². The van der Waals surface area contributed by atoms with Crippen molar-refractivity contribution in [1.29, 1.82) is 0 Å². The molecule has 0 aliphatic rings. The van der Waals surface area contributed by atoms with E-state index in [1.165, 1.54) is 0 Å².